The smallest absolute Gasteiger partial charge is 0.251 e. The van der Waals surface area contributed by atoms with Crippen molar-refractivity contribution in [2.24, 2.45) is 0 Å². The average Bonchev–Trinajstić information content (AvgIpc) is 2.62. The van der Waals surface area contributed by atoms with Gasteiger partial charge in [-0.1, -0.05) is 29.8 Å². The van der Waals surface area contributed by atoms with E-state index in [4.69, 9.17) is 0 Å². The fourth-order valence-electron chi connectivity index (χ4n) is 3.08. The van der Waals surface area contributed by atoms with E-state index in [9.17, 15) is 13.2 Å². The van der Waals surface area contributed by atoms with Crippen LogP contribution in [0.3, 0.4) is 0 Å². The van der Waals surface area contributed by atoms with Gasteiger partial charge in [0.05, 0.1) is 17.5 Å². The van der Waals surface area contributed by atoms with Crippen molar-refractivity contribution in [3.63, 3.8) is 0 Å². The maximum atomic E-state index is 12.5. The van der Waals surface area contributed by atoms with Gasteiger partial charge in [-0.15, -0.1) is 0 Å². The van der Waals surface area contributed by atoms with Gasteiger partial charge in [-0.3, -0.25) is 9.10 Å². The van der Waals surface area contributed by atoms with E-state index in [0.717, 1.165) is 12.0 Å². The summed E-state index contributed by atoms with van der Waals surface area (Å²) in [6.07, 6.45) is 1.56. The average molecular weight is 372 g/mol. The number of aryl methyl sites for hydroxylation is 1. The Labute approximate surface area is 155 Å². The van der Waals surface area contributed by atoms with Gasteiger partial charge in [0.15, 0.2) is 0 Å². The molecule has 1 amide bonds. The predicted molar refractivity (Wildman–Crippen MR) is 104 cm³/mol. The summed E-state index contributed by atoms with van der Waals surface area (Å²) in [6, 6.07) is 14.7. The van der Waals surface area contributed by atoms with Gasteiger partial charge >= 0.3 is 0 Å². The summed E-state index contributed by atoms with van der Waals surface area (Å²) >= 11 is 0. The van der Waals surface area contributed by atoms with Gasteiger partial charge in [-0.05, 0) is 56.5 Å². The maximum absolute atomic E-state index is 12.5. The fraction of sp³-hybridized carbons (Fsp3) is 0.350. The molecule has 3 rings (SSSR count). The Kier molecular flexibility index (Phi) is 5.32. The molecule has 138 valence electrons. The summed E-state index contributed by atoms with van der Waals surface area (Å²) in [5.41, 5.74) is 3.35. The summed E-state index contributed by atoms with van der Waals surface area (Å²) < 4.78 is 25.8. The van der Waals surface area contributed by atoms with Crippen molar-refractivity contribution < 1.29 is 13.2 Å². The molecule has 1 atom stereocenters. The summed E-state index contributed by atoms with van der Waals surface area (Å²) in [6.45, 7) is 4.46. The first-order chi connectivity index (χ1) is 12.4. The van der Waals surface area contributed by atoms with E-state index >= 15 is 0 Å². The van der Waals surface area contributed by atoms with Gasteiger partial charge in [0.25, 0.3) is 5.91 Å². The van der Waals surface area contributed by atoms with Crippen LogP contribution in [0.5, 0.6) is 0 Å². The van der Waals surface area contributed by atoms with Crippen LogP contribution in [-0.2, 0) is 10.0 Å². The van der Waals surface area contributed by atoms with Crippen LogP contribution >= 0.6 is 0 Å². The van der Waals surface area contributed by atoms with Crippen LogP contribution in [0.15, 0.2) is 48.5 Å². The van der Waals surface area contributed by atoms with Gasteiger partial charge in [-0.2, -0.15) is 0 Å². The monoisotopic (exact) mass is 372 g/mol. The minimum Gasteiger partial charge on any atom is -0.346 e. The van der Waals surface area contributed by atoms with Crippen molar-refractivity contribution >= 4 is 21.6 Å². The van der Waals surface area contributed by atoms with E-state index in [1.807, 2.05) is 38.1 Å². The number of amides is 1. The second-order valence-electron chi connectivity index (χ2n) is 6.75. The third-order valence-corrected chi connectivity index (χ3v) is 6.56. The molecule has 0 spiro atoms. The molecule has 5 nitrogen and oxygen atoms in total. The van der Waals surface area contributed by atoms with Crippen LogP contribution in [-0.4, -0.2) is 26.6 Å². The van der Waals surface area contributed by atoms with Crippen molar-refractivity contribution in [2.75, 3.05) is 16.6 Å². The molecule has 2 aromatic rings. The normalized spacial score (nSPS) is 17.5. The number of anilines is 1. The second-order valence-corrected chi connectivity index (χ2v) is 8.76. The number of nitrogens with one attached hydrogen (secondary N) is 1. The zero-order valence-corrected chi connectivity index (χ0v) is 15.9. The number of hydrogen-bond donors (Lipinski definition) is 1. The largest absolute Gasteiger partial charge is 0.346 e. The molecule has 26 heavy (non-hydrogen) atoms. The van der Waals surface area contributed by atoms with Crippen LogP contribution in [0.25, 0.3) is 0 Å². The van der Waals surface area contributed by atoms with Crippen molar-refractivity contribution in [1.29, 1.82) is 0 Å². The zero-order chi connectivity index (χ0) is 18.7. The molecule has 1 aliphatic rings. The minimum atomic E-state index is -3.24. The lowest BCUT2D eigenvalue weighted by Crippen LogP contribution is -2.37. The molecule has 0 aliphatic carbocycles. The van der Waals surface area contributed by atoms with Gasteiger partial charge in [0.1, 0.15) is 0 Å². The molecule has 1 heterocycles. The SMILES string of the molecule is Cc1ccc([C@H](C)NC(=O)c2ccc(N3CCCCS3(=O)=O)cc2)cc1. The van der Waals surface area contributed by atoms with Crippen molar-refractivity contribution in [3.8, 4) is 0 Å². The lowest BCUT2D eigenvalue weighted by Gasteiger charge is -2.28. The lowest BCUT2D eigenvalue weighted by molar-refractivity contribution is 0.0940. The second kappa shape index (κ2) is 7.50. The van der Waals surface area contributed by atoms with E-state index in [0.29, 0.717) is 24.2 Å². The van der Waals surface area contributed by atoms with Gasteiger partial charge in [-0.25, -0.2) is 8.42 Å². The number of carbonyl (C=O) groups is 1. The number of benzene rings is 2. The molecular formula is C20H24N2O3S. The third-order valence-electron chi connectivity index (χ3n) is 4.69. The number of hydrogen-bond acceptors (Lipinski definition) is 3. The number of nitrogens with zero attached hydrogens (tertiary/aromatic N) is 1. The van der Waals surface area contributed by atoms with Crippen molar-refractivity contribution in [2.45, 2.75) is 32.7 Å². The Balaban J connectivity index is 1.70. The van der Waals surface area contributed by atoms with Crippen LogP contribution in [0.4, 0.5) is 5.69 Å². The molecule has 2 aromatic carbocycles. The zero-order valence-electron chi connectivity index (χ0n) is 15.1. The highest BCUT2D eigenvalue weighted by atomic mass is 32.2. The Morgan fingerprint density at radius 1 is 1.04 bits per heavy atom. The Morgan fingerprint density at radius 3 is 2.31 bits per heavy atom. The highest BCUT2D eigenvalue weighted by Crippen LogP contribution is 2.24. The van der Waals surface area contributed by atoms with Gasteiger partial charge in [0.2, 0.25) is 10.0 Å². The molecule has 0 bridgehead atoms. The third kappa shape index (κ3) is 4.07. The Morgan fingerprint density at radius 2 is 1.69 bits per heavy atom. The van der Waals surface area contributed by atoms with E-state index < -0.39 is 10.0 Å². The topological polar surface area (TPSA) is 66.5 Å². The molecule has 1 aliphatic heterocycles. The standard InChI is InChI=1S/C20H24N2O3S/c1-15-5-7-17(8-6-15)16(2)21-20(23)18-9-11-19(12-10-18)22-13-3-4-14-26(22,24)25/h5-12,16H,3-4,13-14H2,1-2H3,(H,21,23)/t16-/m0/s1. The predicted octanol–water partition coefficient (Wildman–Crippen LogP) is 3.42. The van der Waals surface area contributed by atoms with Crippen LogP contribution in [0.1, 0.15) is 47.3 Å². The summed E-state index contributed by atoms with van der Waals surface area (Å²) in [4.78, 5) is 12.5. The quantitative estimate of drug-likeness (QED) is 0.894. The Hall–Kier alpha value is -2.34. The highest BCUT2D eigenvalue weighted by molar-refractivity contribution is 7.92. The molecule has 1 fully saturated rings. The van der Waals surface area contributed by atoms with Crippen LogP contribution < -0.4 is 9.62 Å². The molecule has 6 heteroatoms. The molecular weight excluding hydrogens is 348 g/mol. The van der Waals surface area contributed by atoms with E-state index in [2.05, 4.69) is 5.32 Å². The van der Waals surface area contributed by atoms with E-state index in [1.54, 1.807) is 24.3 Å². The number of carbonyl (C=O) groups excluding carboxylic acids is 1. The molecule has 0 saturated carbocycles. The molecule has 0 aromatic heterocycles. The summed E-state index contributed by atoms with van der Waals surface area (Å²) in [5.74, 6) is 0.00895. The molecule has 0 unspecified atom stereocenters. The summed E-state index contributed by atoms with van der Waals surface area (Å²) in [7, 11) is -3.24. The number of rotatable bonds is 4. The highest BCUT2D eigenvalue weighted by Gasteiger charge is 2.26. The fourth-order valence-corrected chi connectivity index (χ4v) is 4.72. The van der Waals surface area contributed by atoms with E-state index in [1.165, 1.54) is 9.87 Å². The first-order valence-electron chi connectivity index (χ1n) is 8.85. The van der Waals surface area contributed by atoms with Gasteiger partial charge in [0, 0.05) is 12.1 Å². The van der Waals surface area contributed by atoms with Crippen molar-refractivity contribution in [1.82, 2.24) is 5.32 Å². The van der Waals surface area contributed by atoms with Gasteiger partial charge < -0.3 is 5.32 Å². The van der Waals surface area contributed by atoms with Crippen LogP contribution in [0.2, 0.25) is 0 Å². The lowest BCUT2D eigenvalue weighted by atomic mass is 10.1. The van der Waals surface area contributed by atoms with E-state index in [-0.39, 0.29) is 17.7 Å². The molecule has 1 N–H and O–H groups in total. The van der Waals surface area contributed by atoms with Crippen molar-refractivity contribution in [3.05, 3.63) is 65.2 Å². The number of sulfonamides is 1. The first kappa shape index (κ1) is 18.5. The molecule has 1 saturated heterocycles. The minimum absolute atomic E-state index is 0.106. The Bertz CT molecular complexity index is 874. The first-order valence-corrected chi connectivity index (χ1v) is 10.5. The summed E-state index contributed by atoms with van der Waals surface area (Å²) in [5, 5.41) is 2.98. The van der Waals surface area contributed by atoms with Crippen LogP contribution in [0, 0.1) is 6.92 Å². The maximum Gasteiger partial charge on any atom is 0.251 e. The molecule has 0 radical (unpaired) electrons.